The number of hydrogen-bond donors (Lipinski definition) is 0. The van der Waals surface area contributed by atoms with E-state index in [2.05, 4.69) is 13.8 Å². The fourth-order valence-electron chi connectivity index (χ4n) is 1.10. The summed E-state index contributed by atoms with van der Waals surface area (Å²) in [7, 11) is 0. The van der Waals surface area contributed by atoms with Gasteiger partial charge in [-0.2, -0.15) is 13.1 Å². The Balaban J connectivity index is -0.000000180. The first kappa shape index (κ1) is 20.5. The molecule has 0 aromatic rings. The van der Waals surface area contributed by atoms with Gasteiger partial charge in [0.15, 0.2) is 0 Å². The summed E-state index contributed by atoms with van der Waals surface area (Å²) in [6.45, 7) is 5.59. The zero-order chi connectivity index (χ0) is 11.1. The van der Waals surface area contributed by atoms with Crippen molar-refractivity contribution in [1.82, 2.24) is 0 Å². The maximum atomic E-state index is 6.78. The smallest absolute Gasteiger partial charge is 0.677 e. The summed E-state index contributed by atoms with van der Waals surface area (Å²) in [6.07, 6.45) is 9.85. The summed E-state index contributed by atoms with van der Waals surface area (Å²) in [6, 6.07) is 0. The second-order valence-corrected chi connectivity index (χ2v) is 3.62. The van der Waals surface area contributed by atoms with Crippen LogP contribution in [0.25, 0.3) is 11.5 Å². The van der Waals surface area contributed by atoms with Crippen molar-refractivity contribution in [3.8, 4) is 0 Å². The summed E-state index contributed by atoms with van der Waals surface area (Å²) >= 11 is 0. The predicted octanol–water partition coefficient (Wildman–Crippen LogP) is 4.86. The van der Waals surface area contributed by atoms with Crippen LogP contribution in [-0.2, 0) is 0 Å². The molecule has 0 atom stereocenters. The van der Waals surface area contributed by atoms with Crippen molar-refractivity contribution < 1.29 is 0 Å². The van der Waals surface area contributed by atoms with Gasteiger partial charge in [-0.05, 0) is 0 Å². The maximum absolute atomic E-state index is 6.78. The number of nitrogens with one attached hydrogen (secondary N) is 2. The predicted molar refractivity (Wildman–Crippen MR) is 72.4 cm³/mol. The Hall–Kier alpha value is 0.0888. The number of unbranched alkanes of at least 4 members (excludes halogenated alkanes) is 6. The second-order valence-electron chi connectivity index (χ2n) is 3.62. The van der Waals surface area contributed by atoms with Crippen LogP contribution in [0.1, 0.15) is 65.2 Å². The van der Waals surface area contributed by atoms with Crippen molar-refractivity contribution in [3.05, 3.63) is 11.5 Å². The molecule has 0 aliphatic heterocycles. The molecule has 0 bridgehead atoms. The molecule has 2 nitrogen and oxygen atoms in total. The van der Waals surface area contributed by atoms with Crippen LogP contribution in [0.15, 0.2) is 0 Å². The summed E-state index contributed by atoms with van der Waals surface area (Å²) < 4.78 is 0. The fourth-order valence-corrected chi connectivity index (χ4v) is 1.10. The third-order valence-corrected chi connectivity index (χ3v) is 2.06. The molecule has 88 valence electrons. The first-order valence-corrected chi connectivity index (χ1v) is 6.12. The molecule has 0 radical (unpaired) electrons. The Kier molecular flexibility index (Phi) is 32.4. The third-order valence-electron chi connectivity index (χ3n) is 2.06. The molecule has 0 unspecified atom stereocenters. The Labute approximate surface area is 100 Å². The number of rotatable bonds is 8. The van der Waals surface area contributed by atoms with Crippen LogP contribution in [0.4, 0.5) is 0 Å². The average Bonchev–Trinajstić information content (AvgIpc) is 2.21. The van der Waals surface area contributed by atoms with E-state index >= 15 is 0 Å². The van der Waals surface area contributed by atoms with Gasteiger partial charge in [-0.1, -0.05) is 65.2 Å². The number of hydrogen-bond acceptors (Lipinski definition) is 0. The van der Waals surface area contributed by atoms with Crippen LogP contribution in [0, 0.1) is 0 Å². The molecule has 0 aromatic carbocycles. The van der Waals surface area contributed by atoms with E-state index in [1.165, 1.54) is 38.5 Å². The van der Waals surface area contributed by atoms with Gasteiger partial charge in [-0.15, -0.1) is 0 Å². The summed E-state index contributed by atoms with van der Waals surface area (Å²) in [5.41, 5.74) is 13.6. The Morgan fingerprint density at radius 1 is 0.600 bits per heavy atom. The molecule has 3 heteroatoms. The summed E-state index contributed by atoms with van der Waals surface area (Å²) in [5, 5.41) is 0. The Morgan fingerprint density at radius 3 is 1.13 bits per heavy atom. The standard InChI is InChI=1S/2C6H14N.Be/c2*1-2-3-4-5-6-7;/h2*7H,2-6H2,1H3;/q2*-1;+2. The minimum absolute atomic E-state index is 0. The average molecular weight is 209 g/mol. The second kappa shape index (κ2) is 23.7. The Bertz CT molecular complexity index is 62.0. The fraction of sp³-hybridized carbons (Fsp3) is 1.00. The topological polar surface area (TPSA) is 47.6 Å². The molecule has 15 heavy (non-hydrogen) atoms. The van der Waals surface area contributed by atoms with E-state index in [0.717, 1.165) is 12.8 Å². The molecule has 0 spiro atoms. The van der Waals surface area contributed by atoms with Crippen LogP contribution in [0.3, 0.4) is 0 Å². The van der Waals surface area contributed by atoms with Crippen molar-refractivity contribution >= 4 is 10.1 Å². The third kappa shape index (κ3) is 31.5. The van der Waals surface area contributed by atoms with Crippen molar-refractivity contribution in [2.24, 2.45) is 0 Å². The van der Waals surface area contributed by atoms with E-state index in [9.17, 15) is 0 Å². The van der Waals surface area contributed by atoms with Crippen molar-refractivity contribution in [3.63, 3.8) is 0 Å². The van der Waals surface area contributed by atoms with Crippen LogP contribution in [0.5, 0.6) is 0 Å². The molecule has 0 fully saturated rings. The molecular weight excluding hydrogens is 181 g/mol. The normalized spacial score (nSPS) is 8.80. The van der Waals surface area contributed by atoms with Gasteiger partial charge < -0.3 is 11.5 Å². The molecule has 0 heterocycles. The van der Waals surface area contributed by atoms with Gasteiger partial charge in [0.25, 0.3) is 0 Å². The van der Waals surface area contributed by atoms with Gasteiger partial charge in [0.2, 0.25) is 0 Å². The zero-order valence-electron chi connectivity index (χ0n) is 10.8. The zero-order valence-corrected chi connectivity index (χ0v) is 10.8. The van der Waals surface area contributed by atoms with E-state index in [-0.39, 0.29) is 10.1 Å². The van der Waals surface area contributed by atoms with Crippen molar-refractivity contribution in [2.45, 2.75) is 65.2 Å². The summed E-state index contributed by atoms with van der Waals surface area (Å²) in [5.74, 6) is 0. The first-order valence-electron chi connectivity index (χ1n) is 6.12. The quantitative estimate of drug-likeness (QED) is 0.405. The van der Waals surface area contributed by atoms with E-state index in [0.29, 0.717) is 13.1 Å². The minimum atomic E-state index is 0. The monoisotopic (exact) mass is 209 g/mol. The SMILES string of the molecule is CCCCCC[NH-].CCCCCC[NH-].[Be+2]. The van der Waals surface area contributed by atoms with E-state index in [4.69, 9.17) is 11.5 Å². The van der Waals surface area contributed by atoms with Crippen molar-refractivity contribution in [2.75, 3.05) is 13.1 Å². The largest absolute Gasteiger partial charge is 2.00 e. The maximum Gasteiger partial charge on any atom is 2.00 e. The van der Waals surface area contributed by atoms with Gasteiger partial charge in [-0.25, -0.2) is 0 Å². The van der Waals surface area contributed by atoms with E-state index in [1.807, 2.05) is 0 Å². The minimum Gasteiger partial charge on any atom is -0.677 e. The van der Waals surface area contributed by atoms with Gasteiger partial charge in [0.1, 0.15) is 0 Å². The van der Waals surface area contributed by atoms with Gasteiger partial charge in [-0.3, -0.25) is 0 Å². The first-order chi connectivity index (χ1) is 6.83. The van der Waals surface area contributed by atoms with Crippen molar-refractivity contribution in [1.29, 1.82) is 0 Å². The van der Waals surface area contributed by atoms with E-state index in [1.54, 1.807) is 0 Å². The summed E-state index contributed by atoms with van der Waals surface area (Å²) in [4.78, 5) is 0. The van der Waals surface area contributed by atoms with Crippen LogP contribution in [-0.4, -0.2) is 23.2 Å². The molecule has 0 aliphatic rings. The molecule has 0 saturated carbocycles. The van der Waals surface area contributed by atoms with Gasteiger partial charge >= 0.3 is 10.1 Å². The van der Waals surface area contributed by atoms with Crippen LogP contribution < -0.4 is 0 Å². The van der Waals surface area contributed by atoms with Crippen LogP contribution >= 0.6 is 0 Å². The molecule has 0 rings (SSSR count). The van der Waals surface area contributed by atoms with Crippen LogP contribution in [0.2, 0.25) is 0 Å². The van der Waals surface area contributed by atoms with Gasteiger partial charge in [0, 0.05) is 0 Å². The van der Waals surface area contributed by atoms with E-state index < -0.39 is 0 Å². The molecule has 2 N–H and O–H groups in total. The molecular formula is C12H28BeN2. The van der Waals surface area contributed by atoms with Gasteiger partial charge in [0.05, 0.1) is 0 Å². The molecule has 0 saturated heterocycles. The molecule has 0 aromatic heterocycles. The molecule has 0 aliphatic carbocycles. The molecule has 0 amide bonds. The Morgan fingerprint density at radius 2 is 0.933 bits per heavy atom.